The first-order valence-corrected chi connectivity index (χ1v) is 7.77. The molecule has 1 aliphatic heterocycles. The SMILES string of the molecule is CS(=O)(=O)N1CCC(c2cc3cccnc3[nH]2)C1. The van der Waals surface area contributed by atoms with Crippen LogP contribution in [0.4, 0.5) is 0 Å². The molecule has 2 aromatic heterocycles. The maximum atomic E-state index is 11.5. The van der Waals surface area contributed by atoms with Gasteiger partial charge in [0.25, 0.3) is 0 Å². The van der Waals surface area contributed by atoms with Gasteiger partial charge >= 0.3 is 0 Å². The van der Waals surface area contributed by atoms with E-state index >= 15 is 0 Å². The monoisotopic (exact) mass is 265 g/mol. The van der Waals surface area contributed by atoms with Gasteiger partial charge in [0.05, 0.1) is 6.26 Å². The smallest absolute Gasteiger partial charge is 0.211 e. The highest BCUT2D eigenvalue weighted by molar-refractivity contribution is 7.88. The second-order valence-electron chi connectivity index (χ2n) is 4.77. The van der Waals surface area contributed by atoms with Gasteiger partial charge in [-0.3, -0.25) is 0 Å². The van der Waals surface area contributed by atoms with Gasteiger partial charge in [-0.05, 0) is 24.6 Å². The number of aromatic nitrogens is 2. The van der Waals surface area contributed by atoms with Crippen molar-refractivity contribution in [1.29, 1.82) is 0 Å². The van der Waals surface area contributed by atoms with Gasteiger partial charge in [-0.25, -0.2) is 17.7 Å². The molecule has 3 heterocycles. The summed E-state index contributed by atoms with van der Waals surface area (Å²) in [6.07, 6.45) is 3.88. The van der Waals surface area contributed by atoms with Crippen molar-refractivity contribution >= 4 is 21.1 Å². The number of hydrogen-bond acceptors (Lipinski definition) is 3. The standard InChI is InChI=1S/C12H15N3O2S/c1-18(16,17)15-6-4-10(8-15)11-7-9-3-2-5-13-12(9)14-11/h2-3,5,7,10H,4,6,8H2,1H3,(H,13,14). The van der Waals surface area contributed by atoms with E-state index in [0.29, 0.717) is 13.1 Å². The van der Waals surface area contributed by atoms with E-state index in [-0.39, 0.29) is 5.92 Å². The van der Waals surface area contributed by atoms with Crippen LogP contribution in [0.2, 0.25) is 0 Å². The van der Waals surface area contributed by atoms with Crippen molar-refractivity contribution in [1.82, 2.24) is 14.3 Å². The van der Waals surface area contributed by atoms with E-state index in [4.69, 9.17) is 0 Å². The lowest BCUT2D eigenvalue weighted by Crippen LogP contribution is -2.27. The van der Waals surface area contributed by atoms with Crippen molar-refractivity contribution in [3.63, 3.8) is 0 Å². The van der Waals surface area contributed by atoms with Gasteiger partial charge in [0.15, 0.2) is 0 Å². The Morgan fingerprint density at radius 2 is 2.33 bits per heavy atom. The summed E-state index contributed by atoms with van der Waals surface area (Å²) in [4.78, 5) is 7.53. The fraction of sp³-hybridized carbons (Fsp3) is 0.417. The van der Waals surface area contributed by atoms with Crippen molar-refractivity contribution in [2.24, 2.45) is 0 Å². The summed E-state index contributed by atoms with van der Waals surface area (Å²) in [5, 5.41) is 1.07. The molecule has 0 spiro atoms. The van der Waals surface area contributed by atoms with Crippen LogP contribution in [0.3, 0.4) is 0 Å². The number of rotatable bonds is 2. The maximum absolute atomic E-state index is 11.5. The second kappa shape index (κ2) is 4.07. The summed E-state index contributed by atoms with van der Waals surface area (Å²) in [5.74, 6) is 0.244. The largest absolute Gasteiger partial charge is 0.343 e. The zero-order valence-electron chi connectivity index (χ0n) is 10.1. The molecule has 1 aliphatic rings. The number of hydrogen-bond donors (Lipinski definition) is 1. The van der Waals surface area contributed by atoms with Gasteiger partial charge in [0.2, 0.25) is 10.0 Å². The molecule has 96 valence electrons. The Bertz CT molecular complexity index is 644. The molecule has 18 heavy (non-hydrogen) atoms. The highest BCUT2D eigenvalue weighted by Crippen LogP contribution is 2.29. The highest BCUT2D eigenvalue weighted by Gasteiger charge is 2.30. The predicted molar refractivity (Wildman–Crippen MR) is 69.9 cm³/mol. The normalized spacial score (nSPS) is 21.7. The van der Waals surface area contributed by atoms with Crippen molar-refractivity contribution in [2.75, 3.05) is 19.3 Å². The number of pyridine rings is 1. The van der Waals surface area contributed by atoms with Crippen LogP contribution in [0.1, 0.15) is 18.0 Å². The average Bonchev–Trinajstić information content (AvgIpc) is 2.94. The Balaban J connectivity index is 1.88. The molecular weight excluding hydrogens is 250 g/mol. The number of nitrogens with zero attached hydrogens (tertiary/aromatic N) is 2. The van der Waals surface area contributed by atoms with Crippen LogP contribution in [-0.2, 0) is 10.0 Å². The molecule has 1 saturated heterocycles. The zero-order valence-corrected chi connectivity index (χ0v) is 10.9. The zero-order chi connectivity index (χ0) is 12.8. The fourth-order valence-electron chi connectivity index (χ4n) is 2.48. The van der Waals surface area contributed by atoms with Gasteiger partial charge < -0.3 is 4.98 Å². The Morgan fingerprint density at radius 1 is 1.50 bits per heavy atom. The molecule has 0 saturated carbocycles. The molecule has 5 nitrogen and oxygen atoms in total. The van der Waals surface area contributed by atoms with E-state index in [2.05, 4.69) is 16.0 Å². The number of fused-ring (bicyclic) bond motifs is 1. The molecule has 0 amide bonds. The van der Waals surface area contributed by atoms with E-state index in [9.17, 15) is 8.42 Å². The molecule has 3 rings (SSSR count). The highest BCUT2D eigenvalue weighted by atomic mass is 32.2. The first kappa shape index (κ1) is 11.7. The molecule has 6 heteroatoms. The van der Waals surface area contributed by atoms with E-state index in [0.717, 1.165) is 23.1 Å². The van der Waals surface area contributed by atoms with Gasteiger partial charge in [-0.2, -0.15) is 0 Å². The number of sulfonamides is 1. The minimum Gasteiger partial charge on any atom is -0.343 e. The molecule has 1 N–H and O–H groups in total. The lowest BCUT2D eigenvalue weighted by Gasteiger charge is -2.12. The molecular formula is C12H15N3O2S. The van der Waals surface area contributed by atoms with Crippen LogP contribution < -0.4 is 0 Å². The minimum absolute atomic E-state index is 0.244. The molecule has 2 aromatic rings. The number of H-pyrrole nitrogens is 1. The van der Waals surface area contributed by atoms with Crippen LogP contribution in [0.25, 0.3) is 11.0 Å². The Morgan fingerprint density at radius 3 is 3.00 bits per heavy atom. The summed E-state index contributed by atoms with van der Waals surface area (Å²) < 4.78 is 24.5. The van der Waals surface area contributed by atoms with Crippen molar-refractivity contribution in [3.05, 3.63) is 30.1 Å². The van der Waals surface area contributed by atoms with Crippen LogP contribution in [0.5, 0.6) is 0 Å². The quantitative estimate of drug-likeness (QED) is 0.890. The molecule has 0 bridgehead atoms. The predicted octanol–water partition coefficient (Wildman–Crippen LogP) is 1.31. The van der Waals surface area contributed by atoms with E-state index in [1.54, 1.807) is 6.20 Å². The van der Waals surface area contributed by atoms with Gasteiger partial charge in [-0.1, -0.05) is 0 Å². The molecule has 0 radical (unpaired) electrons. The first-order chi connectivity index (χ1) is 8.54. The van der Waals surface area contributed by atoms with Gasteiger partial charge in [0.1, 0.15) is 5.65 Å². The Labute approximate surface area is 106 Å². The fourth-order valence-corrected chi connectivity index (χ4v) is 3.37. The molecule has 1 fully saturated rings. The molecule has 0 aliphatic carbocycles. The molecule has 1 unspecified atom stereocenters. The van der Waals surface area contributed by atoms with Crippen LogP contribution >= 0.6 is 0 Å². The number of nitrogens with one attached hydrogen (secondary N) is 1. The van der Waals surface area contributed by atoms with Crippen molar-refractivity contribution in [3.8, 4) is 0 Å². The third kappa shape index (κ3) is 2.02. The van der Waals surface area contributed by atoms with Crippen molar-refractivity contribution < 1.29 is 8.42 Å². The molecule has 0 aromatic carbocycles. The van der Waals surface area contributed by atoms with E-state index in [1.165, 1.54) is 10.6 Å². The van der Waals surface area contributed by atoms with Crippen LogP contribution in [0, 0.1) is 0 Å². The topological polar surface area (TPSA) is 66.1 Å². The maximum Gasteiger partial charge on any atom is 0.211 e. The summed E-state index contributed by atoms with van der Waals surface area (Å²) in [6.45, 7) is 1.16. The summed E-state index contributed by atoms with van der Waals surface area (Å²) in [6, 6.07) is 5.97. The lowest BCUT2D eigenvalue weighted by atomic mass is 10.1. The van der Waals surface area contributed by atoms with E-state index < -0.39 is 10.0 Å². The first-order valence-electron chi connectivity index (χ1n) is 5.93. The average molecular weight is 265 g/mol. The number of aromatic amines is 1. The summed E-state index contributed by atoms with van der Waals surface area (Å²) in [5.41, 5.74) is 1.94. The Hall–Kier alpha value is -1.40. The Kier molecular flexibility index (Phi) is 2.64. The molecule has 1 atom stereocenters. The lowest BCUT2D eigenvalue weighted by molar-refractivity contribution is 0.478. The summed E-state index contributed by atoms with van der Waals surface area (Å²) in [7, 11) is -3.07. The third-order valence-corrected chi connectivity index (χ3v) is 4.74. The van der Waals surface area contributed by atoms with Crippen molar-refractivity contribution in [2.45, 2.75) is 12.3 Å². The van der Waals surface area contributed by atoms with Crippen LogP contribution in [-0.4, -0.2) is 42.0 Å². The van der Waals surface area contributed by atoms with Crippen LogP contribution in [0.15, 0.2) is 24.4 Å². The summed E-state index contributed by atoms with van der Waals surface area (Å²) >= 11 is 0. The van der Waals surface area contributed by atoms with Gasteiger partial charge in [-0.15, -0.1) is 0 Å². The second-order valence-corrected chi connectivity index (χ2v) is 6.75. The van der Waals surface area contributed by atoms with E-state index in [1.807, 2.05) is 12.1 Å². The minimum atomic E-state index is -3.07. The third-order valence-electron chi connectivity index (χ3n) is 3.47. The van der Waals surface area contributed by atoms with Gasteiger partial charge in [0, 0.05) is 36.3 Å².